The molecule has 0 fully saturated rings. The van der Waals surface area contributed by atoms with Gasteiger partial charge in [0.15, 0.2) is 5.78 Å². The minimum Gasteiger partial charge on any atom is -0.744 e. The molecule has 0 unspecified atom stereocenters. The summed E-state index contributed by atoms with van der Waals surface area (Å²) in [4.78, 5) is 35.0. The maximum atomic E-state index is 12.8. The Morgan fingerprint density at radius 2 is 1.35 bits per heavy atom. The van der Waals surface area contributed by atoms with Crippen LogP contribution in [-0.4, -0.2) is 36.3 Å². The zero-order chi connectivity index (χ0) is 36.0. The number of ketones is 1. The number of carbonyl (C=O) groups is 3. The molecule has 0 bridgehead atoms. The smallest absolute Gasteiger partial charge is 0.744 e. The van der Waals surface area contributed by atoms with Gasteiger partial charge in [-0.25, -0.2) is 8.42 Å². The Hall–Kier alpha value is -4.85. The van der Waals surface area contributed by atoms with Crippen LogP contribution in [0, 0.1) is 6.92 Å². The SMILES string of the molecule is Cc1cc(N=Nc2ccc(S(=O)(=O)[O-])cc2)c(N)c(N=Nc2ccc(NC(=O)c3ccc(NN=C4C=CC(=O)C(C(=O)[O-])=C4)cc3)cc2)c1N.[Na+].[Na+]. The van der Waals surface area contributed by atoms with E-state index in [1.165, 1.54) is 18.2 Å². The number of hydrogen-bond donors (Lipinski definition) is 4. The molecule has 19 heteroatoms. The number of anilines is 4. The van der Waals surface area contributed by atoms with E-state index in [4.69, 9.17) is 11.5 Å². The Morgan fingerprint density at radius 1 is 0.769 bits per heavy atom. The molecule has 0 saturated carbocycles. The van der Waals surface area contributed by atoms with Crippen molar-refractivity contribution in [3.63, 3.8) is 0 Å². The molecule has 6 N–H and O–H groups in total. The molecule has 4 aromatic rings. The summed E-state index contributed by atoms with van der Waals surface area (Å²) < 4.78 is 33.4. The van der Waals surface area contributed by atoms with Crippen LogP contribution >= 0.6 is 0 Å². The molecule has 0 heterocycles. The molecule has 1 aliphatic carbocycles. The van der Waals surface area contributed by atoms with Crippen molar-refractivity contribution in [2.75, 3.05) is 22.2 Å². The van der Waals surface area contributed by atoms with Crippen LogP contribution in [0.15, 0.2) is 133 Å². The number of aryl methyl sites for hydroxylation is 1. The topological polar surface area (TPSA) is 269 Å². The van der Waals surface area contributed by atoms with Gasteiger partial charge in [-0.05, 0) is 110 Å². The molecule has 16 nitrogen and oxygen atoms in total. The molecule has 0 radical (unpaired) electrons. The number of allylic oxidation sites excluding steroid dienone is 3. The van der Waals surface area contributed by atoms with Gasteiger partial charge < -0.3 is 31.2 Å². The molecule has 0 spiro atoms. The number of hydrogen-bond acceptors (Lipinski definition) is 15. The van der Waals surface area contributed by atoms with Crippen molar-refractivity contribution in [2.24, 2.45) is 25.6 Å². The Morgan fingerprint density at radius 3 is 1.94 bits per heavy atom. The monoisotopic (exact) mass is 737 g/mol. The van der Waals surface area contributed by atoms with E-state index in [2.05, 4.69) is 36.3 Å². The summed E-state index contributed by atoms with van der Waals surface area (Å²) in [5, 5.41) is 34.5. The van der Waals surface area contributed by atoms with Crippen LogP contribution in [0.1, 0.15) is 15.9 Å². The van der Waals surface area contributed by atoms with Crippen molar-refractivity contribution < 1.29 is 91.6 Å². The summed E-state index contributed by atoms with van der Waals surface area (Å²) >= 11 is 0. The third-order valence-electron chi connectivity index (χ3n) is 7.00. The summed E-state index contributed by atoms with van der Waals surface area (Å²) in [5.74, 6) is -2.66. The second kappa shape index (κ2) is 18.1. The second-order valence-electron chi connectivity index (χ2n) is 10.5. The number of nitrogens with two attached hydrogens (primary N) is 2. The van der Waals surface area contributed by atoms with Gasteiger partial charge >= 0.3 is 59.1 Å². The summed E-state index contributed by atoms with van der Waals surface area (Å²) in [6.45, 7) is 1.73. The number of rotatable bonds is 10. The van der Waals surface area contributed by atoms with Gasteiger partial charge in [-0.15, -0.1) is 10.2 Å². The van der Waals surface area contributed by atoms with E-state index in [1.54, 1.807) is 61.5 Å². The van der Waals surface area contributed by atoms with Crippen LogP contribution < -0.4 is 86.4 Å². The van der Waals surface area contributed by atoms with Gasteiger partial charge in [-0.2, -0.15) is 15.3 Å². The first-order chi connectivity index (χ1) is 23.8. The van der Waals surface area contributed by atoms with Gasteiger partial charge in [0, 0.05) is 16.8 Å². The van der Waals surface area contributed by atoms with E-state index >= 15 is 0 Å². The van der Waals surface area contributed by atoms with Crippen molar-refractivity contribution in [1.82, 2.24) is 0 Å². The number of nitrogens with zero attached hydrogens (tertiary/aromatic N) is 5. The van der Waals surface area contributed by atoms with Gasteiger partial charge in [0.1, 0.15) is 21.5 Å². The van der Waals surface area contributed by atoms with Crippen LogP contribution in [0.5, 0.6) is 0 Å². The maximum absolute atomic E-state index is 12.8. The standard InChI is InChI=1S/C33H27N9O7S.2Na/c1-18-16-27(41-38-23-10-13-25(14-11-23)50(47,48)49)30(35)31(29(18)34)42-39-22-8-6-20(7-9-22)36-32(44)19-2-4-21(5-3-19)37-40-24-12-15-28(43)26(17-24)33(45)46;;/h2-17,37H,34-35H2,1H3,(H,36,44)(H,45,46)(H,47,48,49);;/q;2*+1/p-2. The number of hydrazone groups is 1. The van der Waals surface area contributed by atoms with Crippen LogP contribution in [0.3, 0.4) is 0 Å². The molecular formula is C33H25N9Na2O7S. The van der Waals surface area contributed by atoms with Crippen LogP contribution in [-0.2, 0) is 19.7 Å². The molecule has 1 amide bonds. The second-order valence-corrected chi connectivity index (χ2v) is 11.9. The number of carbonyl (C=O) groups excluding carboxylic acids is 3. The molecule has 252 valence electrons. The number of carboxylic acid groups (broad SMARTS) is 1. The van der Waals surface area contributed by atoms with E-state index in [-0.39, 0.29) is 99.2 Å². The van der Waals surface area contributed by atoms with E-state index in [0.29, 0.717) is 28.2 Å². The Labute approximate surface area is 341 Å². The van der Waals surface area contributed by atoms with Crippen LogP contribution in [0.25, 0.3) is 0 Å². The molecule has 1 aliphatic rings. The van der Waals surface area contributed by atoms with Gasteiger partial charge in [0.25, 0.3) is 5.91 Å². The van der Waals surface area contributed by atoms with Gasteiger partial charge in [-0.1, -0.05) is 0 Å². The van der Waals surface area contributed by atoms with E-state index in [9.17, 15) is 32.5 Å². The Bertz CT molecular complexity index is 2270. The fourth-order valence-corrected chi connectivity index (χ4v) is 4.76. The average Bonchev–Trinajstić information content (AvgIpc) is 3.09. The van der Waals surface area contributed by atoms with E-state index in [1.807, 2.05) is 0 Å². The van der Waals surface area contributed by atoms with Crippen molar-refractivity contribution in [2.45, 2.75) is 11.8 Å². The molecule has 0 saturated heterocycles. The zero-order valence-corrected chi connectivity index (χ0v) is 32.7. The van der Waals surface area contributed by atoms with Crippen molar-refractivity contribution in [3.05, 3.63) is 114 Å². The van der Waals surface area contributed by atoms with Crippen molar-refractivity contribution in [1.29, 1.82) is 0 Å². The maximum Gasteiger partial charge on any atom is 1.00 e. The predicted molar refractivity (Wildman–Crippen MR) is 182 cm³/mol. The number of carboxylic acids is 1. The first kappa shape index (κ1) is 41.6. The Kier molecular flexibility index (Phi) is 14.4. The van der Waals surface area contributed by atoms with E-state index < -0.39 is 32.3 Å². The summed E-state index contributed by atoms with van der Waals surface area (Å²) in [6, 6.07) is 19.3. The predicted octanol–water partition coefficient (Wildman–Crippen LogP) is -1.26. The van der Waals surface area contributed by atoms with Gasteiger partial charge in [0.2, 0.25) is 0 Å². The molecule has 4 aromatic carbocycles. The van der Waals surface area contributed by atoms with E-state index in [0.717, 1.165) is 24.3 Å². The molecule has 52 heavy (non-hydrogen) atoms. The third kappa shape index (κ3) is 10.6. The fraction of sp³-hybridized carbons (Fsp3) is 0.0303. The minimum atomic E-state index is -4.59. The quantitative estimate of drug-likeness (QED) is 0.0285. The van der Waals surface area contributed by atoms with Crippen LogP contribution in [0.2, 0.25) is 0 Å². The van der Waals surface area contributed by atoms with Crippen molar-refractivity contribution in [3.8, 4) is 0 Å². The third-order valence-corrected chi connectivity index (χ3v) is 7.85. The summed E-state index contributed by atoms with van der Waals surface area (Å²) in [6.07, 6.45) is 3.53. The largest absolute Gasteiger partial charge is 1.00 e. The Balaban J connectivity index is 0.00000364. The first-order valence-corrected chi connectivity index (χ1v) is 15.8. The molecule has 0 aromatic heterocycles. The fourth-order valence-electron chi connectivity index (χ4n) is 4.29. The van der Waals surface area contributed by atoms with Crippen LogP contribution in [0.4, 0.5) is 45.5 Å². The number of aliphatic carboxylic acids is 1. The molecule has 0 aliphatic heterocycles. The summed E-state index contributed by atoms with van der Waals surface area (Å²) in [5.41, 5.74) is 18.3. The molecular weight excluding hydrogens is 712 g/mol. The minimum absolute atomic E-state index is 0. The normalized spacial score (nSPS) is 13.4. The van der Waals surface area contributed by atoms with Gasteiger partial charge in [-0.3, -0.25) is 15.0 Å². The number of azo groups is 2. The average molecular weight is 738 g/mol. The number of benzene rings is 4. The molecule has 0 atom stereocenters. The number of amides is 1. The molecule has 5 rings (SSSR count). The first-order valence-electron chi connectivity index (χ1n) is 14.4. The number of nitrogen functional groups attached to an aromatic ring is 2. The zero-order valence-electron chi connectivity index (χ0n) is 27.9. The van der Waals surface area contributed by atoms with Gasteiger partial charge in [0.05, 0.1) is 45.0 Å². The number of nitrogens with one attached hydrogen (secondary N) is 2. The van der Waals surface area contributed by atoms with Crippen molar-refractivity contribution >= 4 is 79.0 Å². The summed E-state index contributed by atoms with van der Waals surface area (Å²) in [7, 11) is -4.59.